The van der Waals surface area contributed by atoms with Crippen molar-refractivity contribution in [2.24, 2.45) is 0 Å². The molecule has 0 fully saturated rings. The molecule has 4 aromatic heterocycles. The van der Waals surface area contributed by atoms with Crippen molar-refractivity contribution in [1.29, 1.82) is 0 Å². The fourth-order valence-corrected chi connectivity index (χ4v) is 8.21. The summed E-state index contributed by atoms with van der Waals surface area (Å²) in [4.78, 5) is 16.7. The molecule has 0 unspecified atom stereocenters. The fraction of sp³-hybridized carbons (Fsp3) is 0.250. The second-order valence-corrected chi connectivity index (χ2v) is 13.5. The van der Waals surface area contributed by atoms with Crippen LogP contribution in [0.15, 0.2) is 79.4 Å². The molecule has 4 heterocycles. The average Bonchev–Trinajstić information content (AvgIpc) is 3.72. The van der Waals surface area contributed by atoms with Crippen LogP contribution in [0, 0.1) is 0 Å². The Hall–Kier alpha value is -2.64. The monoisotopic (exact) mass is 572 g/mol. The van der Waals surface area contributed by atoms with E-state index in [1.807, 2.05) is 0 Å². The number of aromatic nitrogens is 2. The maximum Gasteiger partial charge on any atom is 0.155 e. The third-order valence-electron chi connectivity index (χ3n) is 6.36. The molecule has 0 saturated heterocycles. The van der Waals surface area contributed by atoms with E-state index in [0.29, 0.717) is 0 Å². The minimum Gasteiger partial charge on any atom is -0.222 e. The molecule has 6 heteroatoms. The molecule has 0 bridgehead atoms. The molecular formula is C32H32N2S4. The number of unbranched alkanes of at least 4 members (excludes halogenated alkanes) is 2. The van der Waals surface area contributed by atoms with E-state index in [0.717, 1.165) is 53.4 Å². The molecule has 0 amide bonds. The van der Waals surface area contributed by atoms with E-state index in [-0.39, 0.29) is 0 Å². The van der Waals surface area contributed by atoms with E-state index in [1.165, 1.54) is 46.6 Å². The molecular weight excluding hydrogens is 541 g/mol. The average molecular weight is 573 g/mol. The van der Waals surface area contributed by atoms with E-state index in [4.69, 9.17) is 9.97 Å². The van der Waals surface area contributed by atoms with Gasteiger partial charge in [0.15, 0.2) is 9.66 Å². The molecule has 1 aromatic carbocycles. The summed E-state index contributed by atoms with van der Waals surface area (Å²) in [5.74, 6) is 0. The first-order chi connectivity index (χ1) is 18.5. The van der Waals surface area contributed by atoms with Crippen LogP contribution in [0.1, 0.15) is 56.4 Å². The SMILES string of the molecule is C=C(/C=C\C(=C)c1ccc(-c2nc3sc(-c4ccc(-c5ccc(CCCC)cc5)s4)nc3s2)s1)CCCC. The Kier molecular flexibility index (Phi) is 8.85. The number of fused-ring (bicyclic) bond motifs is 1. The Balaban J connectivity index is 1.27. The van der Waals surface area contributed by atoms with Gasteiger partial charge in [-0.25, -0.2) is 9.97 Å². The van der Waals surface area contributed by atoms with E-state index < -0.39 is 0 Å². The third-order valence-corrected chi connectivity index (χ3v) is 11.0. The summed E-state index contributed by atoms with van der Waals surface area (Å²) < 4.78 is 0. The molecule has 0 aliphatic rings. The second kappa shape index (κ2) is 12.5. The summed E-state index contributed by atoms with van der Waals surface area (Å²) in [6.45, 7) is 12.9. The van der Waals surface area contributed by atoms with Crippen molar-refractivity contribution in [3.63, 3.8) is 0 Å². The third kappa shape index (κ3) is 6.32. The molecule has 194 valence electrons. The first-order valence-corrected chi connectivity index (χ1v) is 16.4. The Morgan fingerprint density at radius 2 is 1.34 bits per heavy atom. The van der Waals surface area contributed by atoms with Crippen molar-refractivity contribution in [3.05, 3.63) is 89.9 Å². The maximum absolute atomic E-state index is 4.95. The van der Waals surface area contributed by atoms with Crippen molar-refractivity contribution < 1.29 is 0 Å². The zero-order valence-electron chi connectivity index (χ0n) is 22.0. The highest BCUT2D eigenvalue weighted by molar-refractivity contribution is 7.32. The van der Waals surface area contributed by atoms with Crippen LogP contribution in [0.2, 0.25) is 0 Å². The first-order valence-electron chi connectivity index (χ1n) is 13.2. The fourth-order valence-electron chi connectivity index (χ4n) is 4.09. The van der Waals surface area contributed by atoms with Crippen molar-refractivity contribution in [2.75, 3.05) is 0 Å². The number of rotatable bonds is 12. The molecule has 5 aromatic rings. The number of thiazole rings is 2. The van der Waals surface area contributed by atoms with Gasteiger partial charge in [-0.15, -0.1) is 22.7 Å². The Labute approximate surface area is 241 Å². The van der Waals surface area contributed by atoms with Gasteiger partial charge in [0, 0.05) is 9.75 Å². The molecule has 0 atom stereocenters. The van der Waals surface area contributed by atoms with Gasteiger partial charge in [0.25, 0.3) is 0 Å². The minimum absolute atomic E-state index is 1.01. The number of hydrogen-bond donors (Lipinski definition) is 0. The summed E-state index contributed by atoms with van der Waals surface area (Å²) in [6.07, 6.45) is 11.2. The Morgan fingerprint density at radius 3 is 2.03 bits per heavy atom. The summed E-state index contributed by atoms with van der Waals surface area (Å²) in [5, 5.41) is 2.08. The highest BCUT2D eigenvalue weighted by Gasteiger charge is 2.16. The summed E-state index contributed by atoms with van der Waals surface area (Å²) in [5.41, 5.74) is 4.86. The highest BCUT2D eigenvalue weighted by atomic mass is 32.1. The smallest absolute Gasteiger partial charge is 0.155 e. The van der Waals surface area contributed by atoms with Gasteiger partial charge in [-0.05, 0) is 66.6 Å². The van der Waals surface area contributed by atoms with Crippen LogP contribution in [0.4, 0.5) is 0 Å². The van der Waals surface area contributed by atoms with Gasteiger partial charge < -0.3 is 0 Å². The number of allylic oxidation sites excluding steroid dienone is 4. The van der Waals surface area contributed by atoms with Crippen LogP contribution < -0.4 is 0 Å². The van der Waals surface area contributed by atoms with Crippen molar-refractivity contribution in [2.45, 2.75) is 52.4 Å². The number of thiophene rings is 2. The molecule has 0 spiro atoms. The van der Waals surface area contributed by atoms with Gasteiger partial charge in [-0.3, -0.25) is 0 Å². The highest BCUT2D eigenvalue weighted by Crippen LogP contribution is 2.42. The lowest BCUT2D eigenvalue weighted by molar-refractivity contribution is 0.795. The summed E-state index contributed by atoms with van der Waals surface area (Å²) >= 11 is 6.89. The number of nitrogens with zero attached hydrogens (tertiary/aromatic N) is 2. The molecule has 0 saturated carbocycles. The van der Waals surface area contributed by atoms with Crippen LogP contribution >= 0.6 is 45.3 Å². The topological polar surface area (TPSA) is 25.8 Å². The van der Waals surface area contributed by atoms with Crippen LogP contribution in [-0.4, -0.2) is 9.97 Å². The summed E-state index contributed by atoms with van der Waals surface area (Å²) in [6, 6.07) is 17.7. The van der Waals surface area contributed by atoms with E-state index in [2.05, 4.69) is 87.7 Å². The molecule has 0 radical (unpaired) electrons. The van der Waals surface area contributed by atoms with E-state index in [9.17, 15) is 0 Å². The van der Waals surface area contributed by atoms with Crippen LogP contribution in [0.5, 0.6) is 0 Å². The number of aryl methyl sites for hydroxylation is 1. The zero-order chi connectivity index (χ0) is 26.5. The molecule has 0 aliphatic heterocycles. The van der Waals surface area contributed by atoms with Gasteiger partial charge >= 0.3 is 0 Å². The van der Waals surface area contributed by atoms with Crippen LogP contribution in [0.3, 0.4) is 0 Å². The van der Waals surface area contributed by atoms with Crippen molar-refractivity contribution in [1.82, 2.24) is 9.97 Å². The quantitative estimate of drug-likeness (QED) is 0.139. The second-order valence-electron chi connectivity index (χ2n) is 9.40. The zero-order valence-corrected chi connectivity index (χ0v) is 25.2. The summed E-state index contributed by atoms with van der Waals surface area (Å²) in [7, 11) is 0. The predicted molar refractivity (Wildman–Crippen MR) is 173 cm³/mol. The van der Waals surface area contributed by atoms with Gasteiger partial charge in [0.05, 0.1) is 9.75 Å². The lowest BCUT2D eigenvalue weighted by Gasteiger charge is -2.02. The molecule has 0 N–H and O–H groups in total. The largest absolute Gasteiger partial charge is 0.222 e. The minimum atomic E-state index is 1.01. The number of benzene rings is 1. The lowest BCUT2D eigenvalue weighted by Crippen LogP contribution is -1.83. The molecule has 5 rings (SSSR count). The molecule has 2 nitrogen and oxygen atoms in total. The van der Waals surface area contributed by atoms with Crippen LogP contribution in [-0.2, 0) is 6.42 Å². The van der Waals surface area contributed by atoms with E-state index >= 15 is 0 Å². The number of hydrogen-bond acceptors (Lipinski definition) is 6. The van der Waals surface area contributed by atoms with Gasteiger partial charge in [-0.2, -0.15) is 0 Å². The van der Waals surface area contributed by atoms with Gasteiger partial charge in [0.1, 0.15) is 10.0 Å². The van der Waals surface area contributed by atoms with Crippen LogP contribution in [0.25, 0.3) is 45.4 Å². The van der Waals surface area contributed by atoms with Gasteiger partial charge in [-0.1, -0.05) is 105 Å². The first kappa shape index (κ1) is 26.9. The Bertz CT molecular complexity index is 1540. The van der Waals surface area contributed by atoms with Crippen molar-refractivity contribution in [3.8, 4) is 30.2 Å². The lowest BCUT2D eigenvalue weighted by atomic mass is 10.1. The maximum atomic E-state index is 4.95. The van der Waals surface area contributed by atoms with Crippen molar-refractivity contribution >= 4 is 60.6 Å². The normalized spacial score (nSPS) is 11.6. The molecule has 0 aliphatic carbocycles. The molecule has 38 heavy (non-hydrogen) atoms. The Morgan fingerprint density at radius 1 is 0.711 bits per heavy atom. The standard InChI is InChI=1S/C32H32N2S4/c1-5-7-9-21(3)11-12-22(4)25-17-19-27(35-25)29-33-31-32(37-29)34-30(38-31)28-20-18-26(36-28)24-15-13-23(14-16-24)10-8-6-2/h11-20H,3-10H2,1-2H3/b12-11-. The predicted octanol–water partition coefficient (Wildman–Crippen LogP) is 11.5. The van der Waals surface area contributed by atoms with Gasteiger partial charge in [0.2, 0.25) is 0 Å². The van der Waals surface area contributed by atoms with E-state index in [1.54, 1.807) is 45.3 Å².